The molecule has 0 aliphatic carbocycles. The summed E-state index contributed by atoms with van der Waals surface area (Å²) in [5.74, 6) is -4.25. The number of hydrogen-bond donors (Lipinski definition) is 1. The zero-order valence-electron chi connectivity index (χ0n) is 8.09. The molecule has 0 saturated carbocycles. The minimum atomic E-state index is -3.24. The summed E-state index contributed by atoms with van der Waals surface area (Å²) in [7, 11) is -1.81. The van der Waals surface area contributed by atoms with Crippen LogP contribution < -0.4 is 5.32 Å². The van der Waals surface area contributed by atoms with Crippen LogP contribution in [0.3, 0.4) is 0 Å². The van der Waals surface area contributed by atoms with Crippen LogP contribution in [0.4, 0.5) is 8.78 Å². The first-order valence-electron chi connectivity index (χ1n) is 4.60. The van der Waals surface area contributed by atoms with E-state index in [4.69, 9.17) is 0 Å². The molecule has 84 valence electrons. The van der Waals surface area contributed by atoms with Crippen LogP contribution in [0.5, 0.6) is 0 Å². The maximum Gasteiger partial charge on any atom is 0.264 e. The van der Waals surface area contributed by atoms with Crippen molar-refractivity contribution < 1.29 is 17.2 Å². The summed E-state index contributed by atoms with van der Waals surface area (Å²) < 4.78 is 49.0. The van der Waals surface area contributed by atoms with E-state index in [1.165, 1.54) is 7.05 Å². The molecule has 14 heavy (non-hydrogen) atoms. The average molecular weight is 227 g/mol. The molecule has 1 N–H and O–H groups in total. The number of halogens is 2. The Bertz CT molecular complexity index is 290. The summed E-state index contributed by atoms with van der Waals surface area (Å²) in [5.41, 5.74) is 0. The van der Waals surface area contributed by atoms with E-state index in [-0.39, 0.29) is 11.5 Å². The molecule has 1 unspecified atom stereocenters. The first-order valence-corrected chi connectivity index (χ1v) is 6.42. The molecule has 6 heteroatoms. The number of sulfone groups is 1. The number of alkyl halides is 2. The van der Waals surface area contributed by atoms with Crippen LogP contribution in [0.2, 0.25) is 0 Å². The van der Waals surface area contributed by atoms with Crippen molar-refractivity contribution in [2.24, 2.45) is 5.92 Å². The largest absolute Gasteiger partial charge is 0.314 e. The SMILES string of the molecule is CNCC(F)(F)C1CCCS(=O)(=O)C1. The van der Waals surface area contributed by atoms with Gasteiger partial charge in [-0.1, -0.05) is 0 Å². The second-order valence-electron chi connectivity index (χ2n) is 3.74. The summed E-state index contributed by atoms with van der Waals surface area (Å²) in [6.07, 6.45) is 0.653. The Hall–Kier alpha value is -0.230. The highest BCUT2D eigenvalue weighted by Gasteiger charge is 2.42. The molecule has 1 heterocycles. The van der Waals surface area contributed by atoms with Crippen molar-refractivity contribution in [1.29, 1.82) is 0 Å². The van der Waals surface area contributed by atoms with Gasteiger partial charge in [0.05, 0.1) is 18.1 Å². The number of hydrogen-bond acceptors (Lipinski definition) is 3. The van der Waals surface area contributed by atoms with Gasteiger partial charge in [-0.05, 0) is 19.9 Å². The van der Waals surface area contributed by atoms with Crippen LogP contribution in [0.1, 0.15) is 12.8 Å². The van der Waals surface area contributed by atoms with Gasteiger partial charge in [-0.3, -0.25) is 0 Å². The summed E-state index contributed by atoms with van der Waals surface area (Å²) in [5, 5.41) is 2.39. The maximum atomic E-state index is 13.3. The third-order valence-corrected chi connectivity index (χ3v) is 4.29. The van der Waals surface area contributed by atoms with E-state index in [0.29, 0.717) is 12.8 Å². The lowest BCUT2D eigenvalue weighted by molar-refractivity contribution is -0.0506. The Morgan fingerprint density at radius 2 is 2.14 bits per heavy atom. The van der Waals surface area contributed by atoms with E-state index in [2.05, 4.69) is 5.32 Å². The lowest BCUT2D eigenvalue weighted by Crippen LogP contribution is -2.43. The van der Waals surface area contributed by atoms with Crippen LogP contribution in [0, 0.1) is 5.92 Å². The van der Waals surface area contributed by atoms with Crippen molar-refractivity contribution in [2.45, 2.75) is 18.8 Å². The second-order valence-corrected chi connectivity index (χ2v) is 5.97. The molecule has 1 atom stereocenters. The van der Waals surface area contributed by atoms with Gasteiger partial charge in [0, 0.05) is 5.92 Å². The average Bonchev–Trinajstić information content (AvgIpc) is 2.02. The molecule has 1 aliphatic rings. The smallest absolute Gasteiger partial charge is 0.264 e. The predicted molar refractivity (Wildman–Crippen MR) is 50.3 cm³/mol. The zero-order valence-corrected chi connectivity index (χ0v) is 8.91. The molecule has 1 saturated heterocycles. The Balaban J connectivity index is 2.69. The summed E-state index contributed by atoms with van der Waals surface area (Å²) in [6.45, 7) is -0.451. The van der Waals surface area contributed by atoms with E-state index in [1.807, 2.05) is 0 Å². The first kappa shape index (κ1) is 11.8. The van der Waals surface area contributed by atoms with E-state index < -0.39 is 28.2 Å². The topological polar surface area (TPSA) is 46.2 Å². The van der Waals surface area contributed by atoms with E-state index >= 15 is 0 Å². The van der Waals surface area contributed by atoms with Crippen molar-refractivity contribution in [3.05, 3.63) is 0 Å². The predicted octanol–water partition coefficient (Wildman–Crippen LogP) is 0.666. The molecule has 0 spiro atoms. The lowest BCUT2D eigenvalue weighted by atomic mass is 9.97. The first-order chi connectivity index (χ1) is 6.37. The van der Waals surface area contributed by atoms with Crippen molar-refractivity contribution in [1.82, 2.24) is 5.32 Å². The van der Waals surface area contributed by atoms with Crippen LogP contribution in [0.25, 0.3) is 0 Å². The van der Waals surface area contributed by atoms with Crippen LogP contribution >= 0.6 is 0 Å². The van der Waals surface area contributed by atoms with Gasteiger partial charge in [0.2, 0.25) is 0 Å². The monoisotopic (exact) mass is 227 g/mol. The number of rotatable bonds is 3. The maximum absolute atomic E-state index is 13.3. The van der Waals surface area contributed by atoms with Crippen LogP contribution in [0.15, 0.2) is 0 Å². The number of nitrogens with one attached hydrogen (secondary N) is 1. The molecular weight excluding hydrogens is 212 g/mol. The summed E-state index contributed by atoms with van der Waals surface area (Å²) in [4.78, 5) is 0. The van der Waals surface area contributed by atoms with Gasteiger partial charge in [0.25, 0.3) is 5.92 Å². The van der Waals surface area contributed by atoms with Gasteiger partial charge < -0.3 is 5.32 Å². The highest BCUT2D eigenvalue weighted by atomic mass is 32.2. The van der Waals surface area contributed by atoms with Gasteiger partial charge in [0.1, 0.15) is 0 Å². The highest BCUT2D eigenvalue weighted by Crippen LogP contribution is 2.32. The van der Waals surface area contributed by atoms with Gasteiger partial charge in [0.15, 0.2) is 9.84 Å². The molecule has 0 aromatic rings. The Labute approximate surface area is 82.8 Å². The van der Waals surface area contributed by atoms with Crippen molar-refractivity contribution in [3.63, 3.8) is 0 Å². The molecule has 0 aromatic heterocycles. The third kappa shape index (κ3) is 2.88. The quantitative estimate of drug-likeness (QED) is 0.770. The van der Waals surface area contributed by atoms with Crippen LogP contribution in [-0.2, 0) is 9.84 Å². The fraction of sp³-hybridized carbons (Fsp3) is 1.00. The molecule has 1 fully saturated rings. The van der Waals surface area contributed by atoms with Gasteiger partial charge in [-0.15, -0.1) is 0 Å². The van der Waals surface area contributed by atoms with Crippen molar-refractivity contribution in [2.75, 3.05) is 25.1 Å². The highest BCUT2D eigenvalue weighted by molar-refractivity contribution is 7.91. The fourth-order valence-electron chi connectivity index (χ4n) is 1.74. The van der Waals surface area contributed by atoms with Crippen molar-refractivity contribution >= 4 is 9.84 Å². The molecular formula is C8H15F2NO2S. The van der Waals surface area contributed by atoms with E-state index in [9.17, 15) is 17.2 Å². The van der Waals surface area contributed by atoms with E-state index in [0.717, 1.165) is 0 Å². The molecule has 1 rings (SSSR count). The molecule has 1 aliphatic heterocycles. The zero-order chi connectivity index (χ0) is 10.8. The van der Waals surface area contributed by atoms with Crippen molar-refractivity contribution in [3.8, 4) is 0 Å². The normalized spacial score (nSPS) is 27.5. The summed E-state index contributed by atoms with van der Waals surface area (Å²) >= 11 is 0. The van der Waals surface area contributed by atoms with Crippen LogP contribution in [-0.4, -0.2) is 39.4 Å². The molecule has 0 bridgehead atoms. The molecule has 0 aromatic carbocycles. The fourth-order valence-corrected chi connectivity index (χ4v) is 3.53. The van der Waals surface area contributed by atoms with Gasteiger partial charge >= 0.3 is 0 Å². The third-order valence-electron chi connectivity index (χ3n) is 2.47. The van der Waals surface area contributed by atoms with E-state index in [1.54, 1.807) is 0 Å². The Morgan fingerprint density at radius 3 is 2.64 bits per heavy atom. The van der Waals surface area contributed by atoms with Gasteiger partial charge in [-0.2, -0.15) is 0 Å². The molecule has 0 amide bonds. The van der Waals surface area contributed by atoms with Gasteiger partial charge in [-0.25, -0.2) is 17.2 Å². The molecule has 3 nitrogen and oxygen atoms in total. The minimum Gasteiger partial charge on any atom is -0.314 e. The Kier molecular flexibility index (Phi) is 3.47. The lowest BCUT2D eigenvalue weighted by Gasteiger charge is -2.29. The summed E-state index contributed by atoms with van der Waals surface area (Å²) in [6, 6.07) is 0. The Morgan fingerprint density at radius 1 is 1.50 bits per heavy atom. The second kappa shape index (κ2) is 4.10. The standard InChI is InChI=1S/C8H15F2NO2S/c1-11-6-8(9,10)7-3-2-4-14(12,13)5-7/h7,11H,2-6H2,1H3. The molecule has 0 radical (unpaired) electrons. The minimum absolute atomic E-state index is 0.0547.